The predicted octanol–water partition coefficient (Wildman–Crippen LogP) is 1.71. The van der Waals surface area contributed by atoms with Crippen molar-refractivity contribution in [1.82, 2.24) is 10.6 Å². The summed E-state index contributed by atoms with van der Waals surface area (Å²) in [5.74, 6) is 0.735. The Hall–Kier alpha value is -0.830. The van der Waals surface area contributed by atoms with Crippen molar-refractivity contribution in [2.75, 3.05) is 25.1 Å². The number of aliphatic imine (C=N–C) groups is 1. The second-order valence-corrected chi connectivity index (χ2v) is 7.00. The van der Waals surface area contributed by atoms with Gasteiger partial charge in [0.15, 0.2) is 5.96 Å². The summed E-state index contributed by atoms with van der Waals surface area (Å²) in [6.45, 7) is 5.68. The average Bonchev–Trinajstić information content (AvgIpc) is 2.36. The molecule has 0 fully saturated rings. The first-order chi connectivity index (χ1) is 9.40. The number of guanidine groups is 1. The van der Waals surface area contributed by atoms with E-state index in [2.05, 4.69) is 27.8 Å². The van der Waals surface area contributed by atoms with E-state index in [1.165, 1.54) is 11.8 Å². The molecular formula is C14H24IN3O2S. The van der Waals surface area contributed by atoms with Gasteiger partial charge in [0.1, 0.15) is 9.84 Å². The van der Waals surface area contributed by atoms with E-state index in [0.29, 0.717) is 19.0 Å². The number of rotatable bonds is 6. The molecule has 120 valence electrons. The molecule has 1 rings (SSSR count). The Morgan fingerprint density at radius 2 is 1.81 bits per heavy atom. The molecule has 0 unspecified atom stereocenters. The number of aryl methyl sites for hydroxylation is 1. The Balaban J connectivity index is 0.00000400. The molecule has 0 bridgehead atoms. The zero-order chi connectivity index (χ0) is 15.0. The van der Waals surface area contributed by atoms with Gasteiger partial charge in [-0.15, -0.1) is 24.0 Å². The van der Waals surface area contributed by atoms with Gasteiger partial charge in [-0.3, -0.25) is 0 Å². The van der Waals surface area contributed by atoms with E-state index in [4.69, 9.17) is 0 Å². The van der Waals surface area contributed by atoms with Gasteiger partial charge in [-0.05, 0) is 19.4 Å². The second-order valence-electron chi connectivity index (χ2n) is 4.74. The van der Waals surface area contributed by atoms with Crippen molar-refractivity contribution in [2.24, 2.45) is 4.99 Å². The molecule has 0 radical (unpaired) electrons. The molecule has 0 aliphatic carbocycles. The van der Waals surface area contributed by atoms with Crippen LogP contribution in [0.3, 0.4) is 0 Å². The van der Waals surface area contributed by atoms with Crippen LogP contribution in [0.4, 0.5) is 0 Å². The molecule has 0 amide bonds. The van der Waals surface area contributed by atoms with Crippen LogP contribution >= 0.6 is 24.0 Å². The summed E-state index contributed by atoms with van der Waals surface area (Å²) < 4.78 is 22.2. The smallest absolute Gasteiger partial charge is 0.191 e. The van der Waals surface area contributed by atoms with Crippen LogP contribution < -0.4 is 10.6 Å². The van der Waals surface area contributed by atoms with Gasteiger partial charge in [-0.2, -0.15) is 0 Å². The third kappa shape index (κ3) is 9.67. The zero-order valence-corrected chi connectivity index (χ0v) is 15.9. The largest absolute Gasteiger partial charge is 0.357 e. The Morgan fingerprint density at radius 1 is 1.19 bits per heavy atom. The third-order valence-electron chi connectivity index (χ3n) is 2.65. The van der Waals surface area contributed by atoms with Crippen molar-refractivity contribution in [1.29, 1.82) is 0 Å². The third-order valence-corrected chi connectivity index (χ3v) is 3.60. The SMILES string of the molecule is CCNC(=NCc1ccc(C)cc1)NCCS(C)(=O)=O.I. The van der Waals surface area contributed by atoms with E-state index in [1.807, 2.05) is 26.0 Å². The second kappa shape index (κ2) is 9.99. The molecule has 7 heteroatoms. The molecule has 0 atom stereocenters. The Labute approximate surface area is 144 Å². The van der Waals surface area contributed by atoms with Crippen LogP contribution in [0.15, 0.2) is 29.3 Å². The molecule has 1 aromatic rings. The highest BCUT2D eigenvalue weighted by atomic mass is 127. The standard InChI is InChI=1S/C14H23N3O2S.HI/c1-4-15-14(16-9-10-20(3,18)19)17-11-13-7-5-12(2)6-8-13;/h5-8H,4,9-11H2,1-3H3,(H2,15,16,17);1H. The van der Waals surface area contributed by atoms with Gasteiger partial charge in [0.05, 0.1) is 12.3 Å². The van der Waals surface area contributed by atoms with Crippen molar-refractivity contribution in [3.63, 3.8) is 0 Å². The molecule has 21 heavy (non-hydrogen) atoms. The molecule has 0 aliphatic rings. The van der Waals surface area contributed by atoms with E-state index in [0.717, 1.165) is 12.1 Å². The normalized spacial score (nSPS) is 11.7. The minimum absolute atomic E-state index is 0. The number of halogens is 1. The maximum Gasteiger partial charge on any atom is 0.191 e. The summed E-state index contributed by atoms with van der Waals surface area (Å²) in [7, 11) is -2.95. The van der Waals surface area contributed by atoms with E-state index in [-0.39, 0.29) is 29.7 Å². The van der Waals surface area contributed by atoms with Crippen molar-refractivity contribution in [3.8, 4) is 0 Å². The Morgan fingerprint density at radius 3 is 2.33 bits per heavy atom. The van der Waals surface area contributed by atoms with E-state index >= 15 is 0 Å². The van der Waals surface area contributed by atoms with E-state index in [1.54, 1.807) is 0 Å². The lowest BCUT2D eigenvalue weighted by Crippen LogP contribution is -2.39. The first-order valence-corrected chi connectivity index (χ1v) is 8.72. The predicted molar refractivity (Wildman–Crippen MR) is 99.1 cm³/mol. The summed E-state index contributed by atoms with van der Waals surface area (Å²) in [6, 6.07) is 8.18. The fourth-order valence-electron chi connectivity index (χ4n) is 1.56. The quantitative estimate of drug-likeness (QED) is 0.414. The molecule has 0 saturated heterocycles. The zero-order valence-electron chi connectivity index (χ0n) is 12.7. The molecular weight excluding hydrogens is 401 g/mol. The summed E-state index contributed by atoms with van der Waals surface area (Å²) >= 11 is 0. The molecule has 0 spiro atoms. The topological polar surface area (TPSA) is 70.6 Å². The van der Waals surface area contributed by atoms with Gasteiger partial charge in [0.2, 0.25) is 0 Å². The van der Waals surface area contributed by atoms with Gasteiger partial charge >= 0.3 is 0 Å². The molecule has 1 aromatic carbocycles. The molecule has 2 N–H and O–H groups in total. The number of nitrogens with zero attached hydrogens (tertiary/aromatic N) is 1. The Bertz CT molecular complexity index is 542. The fraction of sp³-hybridized carbons (Fsp3) is 0.500. The molecule has 0 saturated carbocycles. The highest BCUT2D eigenvalue weighted by molar-refractivity contribution is 14.0. The van der Waals surface area contributed by atoms with Crippen LogP contribution in [0, 0.1) is 6.92 Å². The van der Waals surface area contributed by atoms with Gasteiger partial charge in [0.25, 0.3) is 0 Å². The highest BCUT2D eigenvalue weighted by Gasteiger charge is 2.03. The minimum Gasteiger partial charge on any atom is -0.357 e. The van der Waals surface area contributed by atoms with Gasteiger partial charge in [-0.25, -0.2) is 13.4 Å². The van der Waals surface area contributed by atoms with Crippen molar-refractivity contribution in [2.45, 2.75) is 20.4 Å². The molecule has 0 heterocycles. The maximum atomic E-state index is 11.1. The summed E-state index contributed by atoms with van der Waals surface area (Å²) in [5.41, 5.74) is 2.34. The minimum atomic E-state index is -2.95. The van der Waals surface area contributed by atoms with Crippen molar-refractivity contribution >= 4 is 39.8 Å². The van der Waals surface area contributed by atoms with Gasteiger partial charge in [-0.1, -0.05) is 29.8 Å². The summed E-state index contributed by atoms with van der Waals surface area (Å²) in [4.78, 5) is 4.43. The van der Waals surface area contributed by atoms with Crippen LogP contribution in [-0.4, -0.2) is 39.5 Å². The lowest BCUT2D eigenvalue weighted by atomic mass is 10.1. The number of hydrogen-bond donors (Lipinski definition) is 2. The fourth-order valence-corrected chi connectivity index (χ4v) is 2.03. The lowest BCUT2D eigenvalue weighted by molar-refractivity contribution is 0.600. The maximum absolute atomic E-state index is 11.1. The number of nitrogens with one attached hydrogen (secondary N) is 2. The van der Waals surface area contributed by atoms with E-state index < -0.39 is 9.84 Å². The average molecular weight is 425 g/mol. The van der Waals surface area contributed by atoms with Crippen molar-refractivity contribution < 1.29 is 8.42 Å². The van der Waals surface area contributed by atoms with Gasteiger partial charge < -0.3 is 10.6 Å². The van der Waals surface area contributed by atoms with E-state index in [9.17, 15) is 8.42 Å². The van der Waals surface area contributed by atoms with Gasteiger partial charge in [0, 0.05) is 19.3 Å². The lowest BCUT2D eigenvalue weighted by Gasteiger charge is -2.10. The number of benzene rings is 1. The van der Waals surface area contributed by atoms with Crippen LogP contribution in [0.5, 0.6) is 0 Å². The first-order valence-electron chi connectivity index (χ1n) is 6.66. The van der Waals surface area contributed by atoms with Crippen molar-refractivity contribution in [3.05, 3.63) is 35.4 Å². The monoisotopic (exact) mass is 425 g/mol. The van der Waals surface area contributed by atoms with Crippen LogP contribution in [-0.2, 0) is 16.4 Å². The molecule has 0 aliphatic heterocycles. The number of sulfone groups is 1. The summed E-state index contributed by atoms with van der Waals surface area (Å²) in [6.07, 6.45) is 1.23. The molecule has 5 nitrogen and oxygen atoms in total. The summed E-state index contributed by atoms with van der Waals surface area (Å²) in [5, 5.41) is 6.11. The first kappa shape index (κ1) is 20.2. The Kier molecular flexibility index (Phi) is 9.60. The van der Waals surface area contributed by atoms with Crippen LogP contribution in [0.2, 0.25) is 0 Å². The van der Waals surface area contributed by atoms with Crippen LogP contribution in [0.25, 0.3) is 0 Å². The highest BCUT2D eigenvalue weighted by Crippen LogP contribution is 2.04. The van der Waals surface area contributed by atoms with Crippen LogP contribution in [0.1, 0.15) is 18.1 Å². The number of hydrogen-bond acceptors (Lipinski definition) is 3. The molecule has 0 aromatic heterocycles.